The second kappa shape index (κ2) is 7.49. The zero-order chi connectivity index (χ0) is 17.9. The van der Waals surface area contributed by atoms with Gasteiger partial charge in [-0.3, -0.25) is 9.59 Å². The highest BCUT2D eigenvalue weighted by molar-refractivity contribution is 6.45. The third kappa shape index (κ3) is 3.95. The molecule has 0 heterocycles. The van der Waals surface area contributed by atoms with Crippen molar-refractivity contribution in [3.63, 3.8) is 0 Å². The number of rotatable bonds is 3. The minimum atomic E-state index is -0.702. The van der Waals surface area contributed by atoms with Crippen molar-refractivity contribution in [2.45, 2.75) is 27.7 Å². The summed E-state index contributed by atoms with van der Waals surface area (Å²) in [4.78, 5) is 26.4. The van der Waals surface area contributed by atoms with E-state index >= 15 is 0 Å². The summed E-state index contributed by atoms with van der Waals surface area (Å²) in [6.45, 7) is 7.94. The molecule has 0 saturated carbocycles. The Hall–Kier alpha value is -2.33. The first-order chi connectivity index (χ1) is 11.3. The summed E-state index contributed by atoms with van der Waals surface area (Å²) in [6, 6.07) is 11.2. The maximum Gasteiger partial charge on any atom is 0.316 e. The van der Waals surface area contributed by atoms with E-state index < -0.39 is 11.8 Å². The summed E-state index contributed by atoms with van der Waals surface area (Å²) < 4.78 is 0. The third-order valence-corrected chi connectivity index (χ3v) is 4.04. The van der Waals surface area contributed by atoms with Gasteiger partial charge in [0.1, 0.15) is 0 Å². The molecule has 2 amide bonds. The molecule has 0 spiro atoms. The highest BCUT2D eigenvalue weighted by Crippen LogP contribution is 2.27. The Morgan fingerprint density at radius 1 is 1.08 bits per heavy atom. The van der Waals surface area contributed by atoms with Crippen molar-refractivity contribution in [2.24, 2.45) is 0 Å². The molecule has 4 nitrogen and oxygen atoms in total. The van der Waals surface area contributed by atoms with Gasteiger partial charge >= 0.3 is 11.8 Å². The molecule has 0 unspecified atom stereocenters. The Balaban J connectivity index is 2.24. The van der Waals surface area contributed by atoms with Crippen LogP contribution in [0.25, 0.3) is 0 Å². The zero-order valence-electron chi connectivity index (χ0n) is 14.3. The van der Waals surface area contributed by atoms with Crippen LogP contribution in [0.5, 0.6) is 0 Å². The highest BCUT2D eigenvalue weighted by atomic mass is 35.5. The first-order valence-electron chi connectivity index (χ1n) is 7.79. The molecule has 0 aliphatic rings. The van der Waals surface area contributed by atoms with Crippen LogP contribution in [0, 0.1) is 20.8 Å². The van der Waals surface area contributed by atoms with Crippen LogP contribution in [0.3, 0.4) is 0 Å². The monoisotopic (exact) mass is 344 g/mol. The molecule has 0 aromatic heterocycles. The molecule has 2 aromatic carbocycles. The van der Waals surface area contributed by atoms with Gasteiger partial charge in [0, 0.05) is 12.2 Å². The Kier molecular flexibility index (Phi) is 5.62. The van der Waals surface area contributed by atoms with Gasteiger partial charge in [-0.05, 0) is 62.6 Å². The molecule has 0 atom stereocenters. The van der Waals surface area contributed by atoms with E-state index in [0.29, 0.717) is 22.9 Å². The van der Waals surface area contributed by atoms with E-state index in [1.807, 2.05) is 58.0 Å². The standard InChI is InChI=1S/C19H21ClN2O2/c1-5-22(15-8-6-7-12(2)10-15)19(24)18(23)21-17-14(4)9-13(3)11-16(17)20/h6-11H,5H2,1-4H3,(H,21,23). The van der Waals surface area contributed by atoms with E-state index in [0.717, 1.165) is 16.7 Å². The lowest BCUT2D eigenvalue weighted by atomic mass is 10.1. The Morgan fingerprint density at radius 3 is 2.38 bits per heavy atom. The number of carbonyl (C=O) groups is 2. The number of amides is 2. The molecule has 0 bridgehead atoms. The van der Waals surface area contributed by atoms with Gasteiger partial charge < -0.3 is 10.2 Å². The summed E-state index contributed by atoms with van der Waals surface area (Å²) >= 11 is 6.20. The molecular weight excluding hydrogens is 324 g/mol. The first kappa shape index (κ1) is 18.0. The lowest BCUT2D eigenvalue weighted by Crippen LogP contribution is -2.40. The van der Waals surface area contributed by atoms with Crippen molar-refractivity contribution >= 4 is 34.8 Å². The second-order valence-electron chi connectivity index (χ2n) is 5.78. The number of anilines is 2. The molecule has 2 aromatic rings. The van der Waals surface area contributed by atoms with Crippen LogP contribution >= 0.6 is 11.6 Å². The van der Waals surface area contributed by atoms with Crippen LogP contribution in [0.1, 0.15) is 23.6 Å². The van der Waals surface area contributed by atoms with Crippen molar-refractivity contribution in [3.8, 4) is 0 Å². The molecule has 0 saturated heterocycles. The summed E-state index contributed by atoms with van der Waals surface area (Å²) in [5.41, 5.74) is 4.01. The average Bonchev–Trinajstić information content (AvgIpc) is 2.51. The SMILES string of the molecule is CCN(C(=O)C(=O)Nc1c(C)cc(C)cc1Cl)c1cccc(C)c1. The number of hydrogen-bond acceptors (Lipinski definition) is 2. The van der Waals surface area contributed by atoms with Crippen LogP contribution < -0.4 is 10.2 Å². The fourth-order valence-corrected chi connectivity index (χ4v) is 2.97. The quantitative estimate of drug-likeness (QED) is 0.846. The number of hydrogen-bond donors (Lipinski definition) is 1. The van der Waals surface area contributed by atoms with Crippen molar-refractivity contribution in [1.82, 2.24) is 0 Å². The average molecular weight is 345 g/mol. The number of nitrogens with one attached hydrogen (secondary N) is 1. The minimum absolute atomic E-state index is 0.399. The largest absolute Gasteiger partial charge is 0.316 e. The van der Waals surface area contributed by atoms with Gasteiger partial charge in [-0.25, -0.2) is 0 Å². The number of likely N-dealkylation sites (N-methyl/N-ethyl adjacent to an activating group) is 1. The molecule has 0 aliphatic heterocycles. The summed E-state index contributed by atoms with van der Waals surface area (Å²) in [6.07, 6.45) is 0. The van der Waals surface area contributed by atoms with Crippen LogP contribution in [-0.2, 0) is 9.59 Å². The second-order valence-corrected chi connectivity index (χ2v) is 6.19. The van der Waals surface area contributed by atoms with Crippen molar-refractivity contribution < 1.29 is 9.59 Å². The van der Waals surface area contributed by atoms with E-state index in [1.165, 1.54) is 4.90 Å². The Labute approximate surface area is 147 Å². The van der Waals surface area contributed by atoms with E-state index in [4.69, 9.17) is 11.6 Å². The molecule has 126 valence electrons. The molecule has 24 heavy (non-hydrogen) atoms. The third-order valence-electron chi connectivity index (χ3n) is 3.74. The number of aryl methyl sites for hydroxylation is 3. The predicted molar refractivity (Wildman–Crippen MR) is 98.8 cm³/mol. The maximum atomic E-state index is 12.6. The van der Waals surface area contributed by atoms with Gasteiger partial charge in [0.05, 0.1) is 10.7 Å². The van der Waals surface area contributed by atoms with Crippen molar-refractivity contribution in [1.29, 1.82) is 0 Å². The summed E-state index contributed by atoms with van der Waals surface area (Å²) in [5, 5.41) is 3.07. The molecule has 0 aliphatic carbocycles. The maximum absolute atomic E-state index is 12.6. The zero-order valence-corrected chi connectivity index (χ0v) is 15.1. The lowest BCUT2D eigenvalue weighted by molar-refractivity contribution is -0.134. The van der Waals surface area contributed by atoms with Crippen LogP contribution in [0.4, 0.5) is 11.4 Å². The summed E-state index contributed by atoms with van der Waals surface area (Å²) in [7, 11) is 0. The number of carbonyl (C=O) groups excluding carboxylic acids is 2. The summed E-state index contributed by atoms with van der Waals surface area (Å²) in [5.74, 6) is -1.31. The van der Waals surface area contributed by atoms with Gasteiger partial charge in [0.15, 0.2) is 0 Å². The topological polar surface area (TPSA) is 49.4 Å². The van der Waals surface area contributed by atoms with Gasteiger partial charge in [-0.1, -0.05) is 29.8 Å². The fraction of sp³-hybridized carbons (Fsp3) is 0.263. The Bertz CT molecular complexity index is 764. The van der Waals surface area contributed by atoms with E-state index in [1.54, 1.807) is 6.07 Å². The van der Waals surface area contributed by atoms with Crippen LogP contribution in [0.15, 0.2) is 36.4 Å². The highest BCUT2D eigenvalue weighted by Gasteiger charge is 2.23. The van der Waals surface area contributed by atoms with E-state index in [2.05, 4.69) is 5.32 Å². The molecular formula is C19H21ClN2O2. The van der Waals surface area contributed by atoms with Crippen LogP contribution in [-0.4, -0.2) is 18.4 Å². The van der Waals surface area contributed by atoms with Gasteiger partial charge in [0.2, 0.25) is 0 Å². The number of benzene rings is 2. The van der Waals surface area contributed by atoms with Crippen molar-refractivity contribution in [2.75, 3.05) is 16.8 Å². The number of halogens is 1. The Morgan fingerprint density at radius 2 is 1.79 bits per heavy atom. The van der Waals surface area contributed by atoms with Gasteiger partial charge in [0.25, 0.3) is 0 Å². The minimum Gasteiger partial charge on any atom is -0.316 e. The fourth-order valence-electron chi connectivity index (χ4n) is 2.60. The normalized spacial score (nSPS) is 10.4. The van der Waals surface area contributed by atoms with Crippen molar-refractivity contribution in [3.05, 3.63) is 58.1 Å². The van der Waals surface area contributed by atoms with E-state index in [9.17, 15) is 9.59 Å². The van der Waals surface area contributed by atoms with Gasteiger partial charge in [-0.2, -0.15) is 0 Å². The first-order valence-corrected chi connectivity index (χ1v) is 8.17. The molecule has 5 heteroatoms. The molecule has 0 fully saturated rings. The predicted octanol–water partition coefficient (Wildman–Crippen LogP) is 4.26. The lowest BCUT2D eigenvalue weighted by Gasteiger charge is -2.21. The molecule has 0 radical (unpaired) electrons. The van der Waals surface area contributed by atoms with Crippen LogP contribution in [0.2, 0.25) is 5.02 Å². The van der Waals surface area contributed by atoms with Gasteiger partial charge in [-0.15, -0.1) is 0 Å². The smallest absolute Gasteiger partial charge is 0.316 e. The molecule has 1 N–H and O–H groups in total. The number of nitrogens with zero attached hydrogens (tertiary/aromatic N) is 1. The molecule has 2 rings (SSSR count). The van der Waals surface area contributed by atoms with E-state index in [-0.39, 0.29) is 0 Å².